The highest BCUT2D eigenvalue weighted by atomic mass is 16.3. The molecule has 1 aliphatic carbocycles. The van der Waals surface area contributed by atoms with Gasteiger partial charge in [-0.3, -0.25) is 0 Å². The zero-order valence-corrected chi connectivity index (χ0v) is 33.0. The molecular weight excluding hydrogens is 737 g/mol. The number of fused-ring (bicyclic) bond motifs is 23. The van der Waals surface area contributed by atoms with Crippen molar-refractivity contribution in [2.24, 2.45) is 0 Å². The number of benzene rings is 12. The predicted octanol–water partition coefficient (Wildman–Crippen LogP) is 17.2. The Hall–Kier alpha value is -8.00. The van der Waals surface area contributed by atoms with Crippen molar-refractivity contribution >= 4 is 86.6 Å². The Labute approximate surface area is 351 Å². The molecule has 0 radical (unpaired) electrons. The molecule has 0 N–H and O–H groups in total. The first kappa shape index (κ1) is 32.9. The van der Waals surface area contributed by atoms with E-state index in [9.17, 15) is 0 Å². The molecule has 0 bridgehead atoms. The van der Waals surface area contributed by atoms with Crippen LogP contribution in [0.4, 0.5) is 0 Å². The molecule has 1 heteroatoms. The lowest BCUT2D eigenvalue weighted by atomic mass is 9.76. The van der Waals surface area contributed by atoms with Crippen LogP contribution >= 0.6 is 0 Å². The quantitative estimate of drug-likeness (QED) is 0.152. The van der Waals surface area contributed by atoms with E-state index >= 15 is 0 Å². The SMILES string of the molecule is c1ccc2c(c1)-c1cc3c4ccccc4c4ccccc4c3cc1-c1cccc(-c3cccc4c3oc3ccccc34)c1-c1cc3c4ccccc4c4ccccc4c3cc1-2. The minimum atomic E-state index is 0.901. The molecule has 13 aromatic rings. The molecule has 0 amide bonds. The van der Waals surface area contributed by atoms with Crippen LogP contribution in [0.5, 0.6) is 0 Å². The topological polar surface area (TPSA) is 13.1 Å². The van der Waals surface area contributed by atoms with Gasteiger partial charge in [0.05, 0.1) is 0 Å². The number of hydrogen-bond acceptors (Lipinski definition) is 1. The fourth-order valence-corrected chi connectivity index (χ4v) is 11.0. The summed E-state index contributed by atoms with van der Waals surface area (Å²) < 4.78 is 6.82. The van der Waals surface area contributed by atoms with Gasteiger partial charge in [0.25, 0.3) is 0 Å². The summed E-state index contributed by atoms with van der Waals surface area (Å²) in [6, 6.07) is 76.7. The van der Waals surface area contributed by atoms with E-state index in [1.165, 1.54) is 109 Å². The minimum absolute atomic E-state index is 0.901. The first-order chi connectivity index (χ1) is 30.3. The molecule has 0 atom stereocenters. The highest BCUT2D eigenvalue weighted by Crippen LogP contribution is 2.55. The van der Waals surface area contributed by atoms with Crippen LogP contribution < -0.4 is 0 Å². The normalized spacial score (nSPS) is 12.3. The van der Waals surface area contributed by atoms with Gasteiger partial charge in [-0.05, 0) is 145 Å². The number of rotatable bonds is 1. The summed E-state index contributed by atoms with van der Waals surface area (Å²) in [6.45, 7) is 0. The third-order valence-electron chi connectivity index (χ3n) is 13.6. The van der Waals surface area contributed by atoms with Gasteiger partial charge in [-0.1, -0.05) is 176 Å². The molecule has 0 unspecified atom stereocenters. The summed E-state index contributed by atoms with van der Waals surface area (Å²) in [4.78, 5) is 0. The number of furan rings is 1. The molecule has 1 nitrogen and oxygen atoms in total. The lowest BCUT2D eigenvalue weighted by molar-refractivity contribution is 0.670. The van der Waals surface area contributed by atoms with E-state index in [0.29, 0.717) is 0 Å². The van der Waals surface area contributed by atoms with Gasteiger partial charge in [-0.2, -0.15) is 0 Å². The first-order valence-electron chi connectivity index (χ1n) is 21.2. The molecule has 0 fully saturated rings. The van der Waals surface area contributed by atoms with Gasteiger partial charge in [0.15, 0.2) is 0 Å². The Bertz CT molecular complexity index is 4000. The molecular formula is C60H34O. The maximum Gasteiger partial charge on any atom is 0.143 e. The maximum absolute atomic E-state index is 6.82. The van der Waals surface area contributed by atoms with Crippen molar-refractivity contribution < 1.29 is 4.42 Å². The summed E-state index contributed by atoms with van der Waals surface area (Å²) >= 11 is 0. The van der Waals surface area contributed by atoms with E-state index in [0.717, 1.165) is 33.1 Å². The van der Waals surface area contributed by atoms with Gasteiger partial charge in [-0.15, -0.1) is 0 Å². The van der Waals surface area contributed by atoms with Crippen LogP contribution in [0.25, 0.3) is 142 Å². The van der Waals surface area contributed by atoms with Crippen molar-refractivity contribution in [2.75, 3.05) is 0 Å². The van der Waals surface area contributed by atoms with E-state index in [2.05, 4.69) is 206 Å². The average Bonchev–Trinajstić information content (AvgIpc) is 3.72. The van der Waals surface area contributed by atoms with Gasteiger partial charge in [0, 0.05) is 16.3 Å². The van der Waals surface area contributed by atoms with E-state index < -0.39 is 0 Å². The molecule has 1 aliphatic rings. The summed E-state index contributed by atoms with van der Waals surface area (Å²) in [5.41, 5.74) is 13.8. The van der Waals surface area contributed by atoms with Gasteiger partial charge in [-0.25, -0.2) is 0 Å². The Morgan fingerprint density at radius 1 is 0.197 bits per heavy atom. The zero-order chi connectivity index (χ0) is 39.8. The van der Waals surface area contributed by atoms with Crippen LogP contribution in [0.1, 0.15) is 0 Å². The van der Waals surface area contributed by atoms with Crippen molar-refractivity contribution in [2.45, 2.75) is 0 Å². The average molecular weight is 771 g/mol. The highest BCUT2D eigenvalue weighted by Gasteiger charge is 2.28. The number of hydrogen-bond donors (Lipinski definition) is 0. The van der Waals surface area contributed by atoms with Gasteiger partial charge >= 0.3 is 0 Å². The standard InChI is InChI=1S/C60H34O/c1-5-19-39-35(15-1)36-16-3-7-21-41(36)52-33-56-47-27-13-26-46(49-29-14-28-48-45-25-11-12-30-58(45)61-60(48)49)59(47)57-34-54-42-22-8-4-18-38(42)37-17-2-6-20-40(37)51(54)32-55(57)44-24-10-9-23-43(44)53(56)31-50(39)52/h1-34H. The van der Waals surface area contributed by atoms with Gasteiger partial charge < -0.3 is 4.42 Å². The third kappa shape index (κ3) is 4.50. The fraction of sp³-hybridized carbons (Fsp3) is 0. The second kappa shape index (κ2) is 12.3. The van der Waals surface area contributed by atoms with Crippen LogP contribution in [0.2, 0.25) is 0 Å². The maximum atomic E-state index is 6.82. The summed E-state index contributed by atoms with van der Waals surface area (Å²) in [5, 5.41) is 17.5. The Morgan fingerprint density at radius 3 is 1.02 bits per heavy atom. The predicted molar refractivity (Wildman–Crippen MR) is 259 cm³/mol. The van der Waals surface area contributed by atoms with Crippen LogP contribution in [-0.4, -0.2) is 0 Å². The van der Waals surface area contributed by atoms with Gasteiger partial charge in [0.1, 0.15) is 11.2 Å². The molecule has 0 saturated carbocycles. The molecule has 0 aliphatic heterocycles. The third-order valence-corrected chi connectivity index (χ3v) is 13.6. The molecule has 1 aromatic heterocycles. The molecule has 0 spiro atoms. The molecule has 61 heavy (non-hydrogen) atoms. The monoisotopic (exact) mass is 770 g/mol. The smallest absolute Gasteiger partial charge is 0.143 e. The van der Waals surface area contributed by atoms with Crippen LogP contribution in [0.3, 0.4) is 0 Å². The van der Waals surface area contributed by atoms with E-state index in [-0.39, 0.29) is 0 Å². The summed E-state index contributed by atoms with van der Waals surface area (Å²) in [5.74, 6) is 0. The molecule has 0 saturated heterocycles. The first-order valence-corrected chi connectivity index (χ1v) is 21.2. The van der Waals surface area contributed by atoms with Crippen molar-refractivity contribution in [1.29, 1.82) is 0 Å². The second-order valence-electron chi connectivity index (χ2n) is 16.6. The molecule has 280 valence electrons. The summed E-state index contributed by atoms with van der Waals surface area (Å²) in [7, 11) is 0. The molecule has 1 heterocycles. The second-order valence-corrected chi connectivity index (χ2v) is 16.6. The van der Waals surface area contributed by atoms with Crippen molar-refractivity contribution in [1.82, 2.24) is 0 Å². The van der Waals surface area contributed by atoms with Crippen LogP contribution in [0, 0.1) is 0 Å². The van der Waals surface area contributed by atoms with E-state index in [4.69, 9.17) is 4.42 Å². The van der Waals surface area contributed by atoms with Crippen LogP contribution in [-0.2, 0) is 0 Å². The molecule has 14 rings (SSSR count). The lowest BCUT2D eigenvalue weighted by Gasteiger charge is -2.27. The largest absolute Gasteiger partial charge is 0.455 e. The van der Waals surface area contributed by atoms with Crippen molar-refractivity contribution in [3.8, 4) is 55.6 Å². The van der Waals surface area contributed by atoms with Gasteiger partial charge in [0.2, 0.25) is 0 Å². The van der Waals surface area contributed by atoms with Crippen molar-refractivity contribution in [3.63, 3.8) is 0 Å². The Morgan fingerprint density at radius 2 is 0.508 bits per heavy atom. The number of para-hydroxylation sites is 2. The Balaban J connectivity index is 1.21. The lowest BCUT2D eigenvalue weighted by Crippen LogP contribution is -2.00. The summed E-state index contributed by atoms with van der Waals surface area (Å²) in [6.07, 6.45) is 0. The van der Waals surface area contributed by atoms with Crippen LogP contribution in [0.15, 0.2) is 211 Å². The van der Waals surface area contributed by atoms with Crippen molar-refractivity contribution in [3.05, 3.63) is 206 Å². The minimum Gasteiger partial charge on any atom is -0.455 e. The molecule has 12 aromatic carbocycles. The zero-order valence-electron chi connectivity index (χ0n) is 33.0. The van der Waals surface area contributed by atoms with E-state index in [1.54, 1.807) is 0 Å². The van der Waals surface area contributed by atoms with E-state index in [1.807, 2.05) is 0 Å². The fourth-order valence-electron chi connectivity index (χ4n) is 11.0. The Kier molecular flexibility index (Phi) is 6.62. The highest BCUT2D eigenvalue weighted by molar-refractivity contribution is 6.29.